The van der Waals surface area contributed by atoms with Crippen molar-refractivity contribution in [2.24, 2.45) is 0 Å². The summed E-state index contributed by atoms with van der Waals surface area (Å²) in [6.45, 7) is 5.45. The summed E-state index contributed by atoms with van der Waals surface area (Å²) >= 11 is 0. The summed E-state index contributed by atoms with van der Waals surface area (Å²) in [5.74, 6) is 0.218. The monoisotopic (exact) mass is 181 g/mol. The first-order valence-electron chi connectivity index (χ1n) is 3.59. The number of nitrogens with one attached hydrogen (secondary N) is 1. The molecule has 0 radical (unpaired) electrons. The standard InChI is InChI=1S/C7H15NO2.ClH/c1-3-5-9-6-7(8)10-4-2;/h8H,3-6H2,1-2H3;1H. The molecular weight excluding hydrogens is 166 g/mol. The molecule has 0 aromatic carbocycles. The third-order valence-electron chi connectivity index (χ3n) is 0.900. The van der Waals surface area contributed by atoms with Crippen LogP contribution in [0.15, 0.2) is 0 Å². The first-order valence-corrected chi connectivity index (χ1v) is 3.59. The van der Waals surface area contributed by atoms with Gasteiger partial charge >= 0.3 is 0 Å². The predicted molar refractivity (Wildman–Crippen MR) is 47.7 cm³/mol. The van der Waals surface area contributed by atoms with Crippen LogP contribution >= 0.6 is 12.4 Å². The second kappa shape index (κ2) is 9.72. The summed E-state index contributed by atoms with van der Waals surface area (Å²) < 4.78 is 9.89. The highest BCUT2D eigenvalue weighted by Gasteiger charge is 1.93. The lowest BCUT2D eigenvalue weighted by atomic mass is 10.5. The minimum absolute atomic E-state index is 0. The van der Waals surface area contributed by atoms with Gasteiger partial charge in [-0.25, -0.2) is 0 Å². The van der Waals surface area contributed by atoms with Gasteiger partial charge in [0, 0.05) is 6.61 Å². The Balaban J connectivity index is 0. The summed E-state index contributed by atoms with van der Waals surface area (Å²) in [4.78, 5) is 0. The number of halogens is 1. The fourth-order valence-electron chi connectivity index (χ4n) is 0.525. The average molecular weight is 182 g/mol. The van der Waals surface area contributed by atoms with Gasteiger partial charge in [0.1, 0.15) is 6.61 Å². The lowest BCUT2D eigenvalue weighted by Gasteiger charge is -2.04. The normalized spacial score (nSPS) is 8.55. The molecule has 4 heteroatoms. The lowest BCUT2D eigenvalue weighted by Crippen LogP contribution is -2.11. The quantitative estimate of drug-likeness (QED) is 0.400. The predicted octanol–water partition coefficient (Wildman–Crippen LogP) is 1.85. The van der Waals surface area contributed by atoms with E-state index in [4.69, 9.17) is 14.9 Å². The molecule has 0 aromatic heterocycles. The third-order valence-corrected chi connectivity index (χ3v) is 0.900. The van der Waals surface area contributed by atoms with Gasteiger partial charge in [-0.2, -0.15) is 0 Å². The highest BCUT2D eigenvalue weighted by atomic mass is 35.5. The van der Waals surface area contributed by atoms with Gasteiger partial charge in [-0.3, -0.25) is 5.41 Å². The highest BCUT2D eigenvalue weighted by Crippen LogP contribution is 1.83. The van der Waals surface area contributed by atoms with E-state index in [1.54, 1.807) is 0 Å². The molecule has 0 spiro atoms. The second-order valence-electron chi connectivity index (χ2n) is 1.91. The van der Waals surface area contributed by atoms with E-state index in [2.05, 4.69) is 0 Å². The highest BCUT2D eigenvalue weighted by molar-refractivity contribution is 5.85. The van der Waals surface area contributed by atoms with Crippen LogP contribution in [0, 0.1) is 5.41 Å². The zero-order valence-electron chi connectivity index (χ0n) is 7.05. The molecule has 0 fully saturated rings. The molecule has 1 N–H and O–H groups in total. The molecule has 0 atom stereocenters. The van der Waals surface area contributed by atoms with Crippen LogP contribution in [0.5, 0.6) is 0 Å². The Morgan fingerprint density at radius 3 is 2.45 bits per heavy atom. The Morgan fingerprint density at radius 1 is 1.36 bits per heavy atom. The van der Waals surface area contributed by atoms with E-state index in [1.165, 1.54) is 0 Å². The number of ether oxygens (including phenoxy) is 2. The Kier molecular flexibility index (Phi) is 11.8. The van der Waals surface area contributed by atoms with Crippen molar-refractivity contribution in [1.29, 1.82) is 5.41 Å². The van der Waals surface area contributed by atoms with Crippen molar-refractivity contribution in [1.82, 2.24) is 0 Å². The fraction of sp³-hybridized carbons (Fsp3) is 0.857. The van der Waals surface area contributed by atoms with Crippen LogP contribution in [0.1, 0.15) is 20.3 Å². The maximum atomic E-state index is 7.12. The second-order valence-corrected chi connectivity index (χ2v) is 1.91. The first kappa shape index (κ1) is 13.3. The van der Waals surface area contributed by atoms with Gasteiger partial charge in [-0.1, -0.05) is 6.92 Å². The molecule has 68 valence electrons. The smallest absolute Gasteiger partial charge is 0.207 e. The molecule has 3 nitrogen and oxygen atoms in total. The van der Waals surface area contributed by atoms with Gasteiger partial charge in [0.25, 0.3) is 0 Å². The molecule has 0 aliphatic rings. The number of hydrogen-bond acceptors (Lipinski definition) is 3. The largest absolute Gasteiger partial charge is 0.480 e. The van der Waals surface area contributed by atoms with Gasteiger partial charge in [0.05, 0.1) is 6.61 Å². The molecule has 0 heterocycles. The Hall–Kier alpha value is -0.280. The van der Waals surface area contributed by atoms with Gasteiger partial charge in [0.2, 0.25) is 5.90 Å². The van der Waals surface area contributed by atoms with E-state index in [-0.39, 0.29) is 18.3 Å². The minimum atomic E-state index is 0. The van der Waals surface area contributed by atoms with Crippen molar-refractivity contribution in [3.63, 3.8) is 0 Å². The zero-order chi connectivity index (χ0) is 7.82. The van der Waals surface area contributed by atoms with Crippen molar-refractivity contribution in [3.05, 3.63) is 0 Å². The third kappa shape index (κ3) is 9.72. The maximum Gasteiger partial charge on any atom is 0.207 e. The minimum Gasteiger partial charge on any atom is -0.480 e. The van der Waals surface area contributed by atoms with Crippen LogP contribution in [-0.4, -0.2) is 25.7 Å². The molecule has 0 saturated carbocycles. The van der Waals surface area contributed by atoms with Crippen LogP contribution in [-0.2, 0) is 9.47 Å². The maximum absolute atomic E-state index is 7.12. The van der Waals surface area contributed by atoms with E-state index in [9.17, 15) is 0 Å². The number of rotatable bonds is 5. The van der Waals surface area contributed by atoms with E-state index in [0.717, 1.165) is 6.42 Å². The van der Waals surface area contributed by atoms with Crippen molar-refractivity contribution in [3.8, 4) is 0 Å². The van der Waals surface area contributed by atoms with Crippen molar-refractivity contribution < 1.29 is 9.47 Å². The summed E-state index contributed by atoms with van der Waals surface area (Å²) in [5, 5.41) is 7.12. The van der Waals surface area contributed by atoms with Gasteiger partial charge in [0.15, 0.2) is 0 Å². The summed E-state index contributed by atoms with van der Waals surface area (Å²) in [6.07, 6.45) is 0.986. The fourth-order valence-corrected chi connectivity index (χ4v) is 0.525. The van der Waals surface area contributed by atoms with Gasteiger partial charge in [-0.05, 0) is 13.3 Å². The summed E-state index contributed by atoms with van der Waals surface area (Å²) in [6, 6.07) is 0. The molecular formula is C7H16ClNO2. The van der Waals surface area contributed by atoms with E-state index >= 15 is 0 Å². The van der Waals surface area contributed by atoms with Crippen LogP contribution in [0.25, 0.3) is 0 Å². The van der Waals surface area contributed by atoms with E-state index < -0.39 is 0 Å². The van der Waals surface area contributed by atoms with Gasteiger partial charge < -0.3 is 9.47 Å². The lowest BCUT2D eigenvalue weighted by molar-refractivity contribution is 0.150. The van der Waals surface area contributed by atoms with Crippen LogP contribution in [0.2, 0.25) is 0 Å². The molecule has 0 aromatic rings. The van der Waals surface area contributed by atoms with Crippen LogP contribution in [0.4, 0.5) is 0 Å². The van der Waals surface area contributed by atoms with E-state index in [1.807, 2.05) is 13.8 Å². The molecule has 0 bridgehead atoms. The summed E-state index contributed by atoms with van der Waals surface area (Å²) in [5.41, 5.74) is 0. The van der Waals surface area contributed by atoms with Crippen molar-refractivity contribution in [2.75, 3.05) is 19.8 Å². The topological polar surface area (TPSA) is 42.3 Å². The molecule has 0 aliphatic carbocycles. The molecule has 0 unspecified atom stereocenters. The molecule has 0 amide bonds. The van der Waals surface area contributed by atoms with Crippen molar-refractivity contribution in [2.45, 2.75) is 20.3 Å². The molecule has 11 heavy (non-hydrogen) atoms. The molecule has 0 saturated heterocycles. The summed E-state index contributed by atoms with van der Waals surface area (Å²) in [7, 11) is 0. The first-order chi connectivity index (χ1) is 4.81. The zero-order valence-corrected chi connectivity index (χ0v) is 7.87. The van der Waals surface area contributed by atoms with Crippen LogP contribution < -0.4 is 0 Å². The average Bonchev–Trinajstić information content (AvgIpc) is 1.89. The van der Waals surface area contributed by atoms with Gasteiger partial charge in [-0.15, -0.1) is 12.4 Å². The Bertz CT molecular complexity index is 98.4. The SMILES string of the molecule is CCCOCC(=N)OCC.Cl. The molecule has 0 aliphatic heterocycles. The molecule has 0 rings (SSSR count). The van der Waals surface area contributed by atoms with Crippen LogP contribution in [0.3, 0.4) is 0 Å². The van der Waals surface area contributed by atoms with E-state index in [0.29, 0.717) is 19.8 Å². The van der Waals surface area contributed by atoms with Crippen molar-refractivity contribution >= 4 is 18.3 Å². The number of hydrogen-bond donors (Lipinski definition) is 1. The Morgan fingerprint density at radius 2 is 2.00 bits per heavy atom. The Labute approximate surface area is 74.0 Å².